The molecule has 20 heavy (non-hydrogen) atoms. The summed E-state index contributed by atoms with van der Waals surface area (Å²) >= 11 is 5.99. The van der Waals surface area contributed by atoms with Crippen LogP contribution in [0.3, 0.4) is 0 Å². The van der Waals surface area contributed by atoms with Gasteiger partial charge in [-0.1, -0.05) is 24.6 Å². The number of nitrogens with zero attached hydrogens (tertiary/aromatic N) is 1. The third-order valence-electron chi connectivity index (χ3n) is 2.94. The number of aromatic nitrogens is 1. The van der Waals surface area contributed by atoms with Crippen molar-refractivity contribution >= 4 is 11.6 Å². The summed E-state index contributed by atoms with van der Waals surface area (Å²) in [6, 6.07) is 11.6. The predicted molar refractivity (Wildman–Crippen MR) is 82.1 cm³/mol. The fourth-order valence-electron chi connectivity index (χ4n) is 1.83. The average molecular weight is 291 g/mol. The van der Waals surface area contributed by atoms with Gasteiger partial charge < -0.3 is 10.1 Å². The molecule has 0 aliphatic rings. The van der Waals surface area contributed by atoms with Crippen LogP contribution in [0, 0.1) is 6.92 Å². The van der Waals surface area contributed by atoms with E-state index in [0.29, 0.717) is 6.61 Å². The van der Waals surface area contributed by atoms with E-state index in [-0.39, 0.29) is 0 Å². The molecule has 0 atom stereocenters. The van der Waals surface area contributed by atoms with E-state index in [1.54, 1.807) is 0 Å². The molecule has 0 bridgehead atoms. The third kappa shape index (κ3) is 4.22. The molecule has 0 amide bonds. The summed E-state index contributed by atoms with van der Waals surface area (Å²) in [7, 11) is 0. The number of pyridine rings is 1. The summed E-state index contributed by atoms with van der Waals surface area (Å²) in [6.45, 7) is 6.22. The van der Waals surface area contributed by atoms with Crippen molar-refractivity contribution in [3.05, 3.63) is 58.4 Å². The Balaban J connectivity index is 1.97. The van der Waals surface area contributed by atoms with Gasteiger partial charge in [0.2, 0.25) is 0 Å². The Kier molecular flexibility index (Phi) is 5.39. The molecular weight excluding hydrogens is 272 g/mol. The van der Waals surface area contributed by atoms with Gasteiger partial charge in [0.1, 0.15) is 12.4 Å². The van der Waals surface area contributed by atoms with Crippen LogP contribution in [0.1, 0.15) is 23.9 Å². The Hall–Kier alpha value is -1.58. The second-order valence-electron chi connectivity index (χ2n) is 4.60. The van der Waals surface area contributed by atoms with Crippen molar-refractivity contribution in [3.63, 3.8) is 0 Å². The summed E-state index contributed by atoms with van der Waals surface area (Å²) in [5.41, 5.74) is 2.96. The van der Waals surface area contributed by atoms with Crippen LogP contribution in [-0.2, 0) is 13.2 Å². The number of benzene rings is 1. The van der Waals surface area contributed by atoms with Crippen LogP contribution in [0.2, 0.25) is 5.02 Å². The van der Waals surface area contributed by atoms with Crippen LogP contribution in [0.15, 0.2) is 36.4 Å². The minimum atomic E-state index is 0.459. The monoisotopic (exact) mass is 290 g/mol. The molecule has 1 heterocycles. The maximum absolute atomic E-state index is 5.99. The molecule has 0 fully saturated rings. The number of hydrogen-bond donors (Lipinski definition) is 1. The van der Waals surface area contributed by atoms with Gasteiger partial charge in [0.25, 0.3) is 0 Å². The van der Waals surface area contributed by atoms with Gasteiger partial charge >= 0.3 is 0 Å². The van der Waals surface area contributed by atoms with Gasteiger partial charge in [-0.2, -0.15) is 0 Å². The molecule has 0 radical (unpaired) electrons. The minimum Gasteiger partial charge on any atom is -0.487 e. The lowest BCUT2D eigenvalue weighted by molar-refractivity contribution is 0.300. The van der Waals surface area contributed by atoms with Gasteiger partial charge in [0, 0.05) is 11.6 Å². The Bertz CT molecular complexity index is 572. The van der Waals surface area contributed by atoms with E-state index in [4.69, 9.17) is 16.3 Å². The first-order valence-electron chi connectivity index (χ1n) is 6.73. The summed E-state index contributed by atoms with van der Waals surface area (Å²) in [5, 5.41) is 4.01. The second-order valence-corrected chi connectivity index (χ2v) is 5.01. The Labute approximate surface area is 124 Å². The maximum Gasteiger partial charge on any atom is 0.130 e. The Morgan fingerprint density at radius 1 is 1.20 bits per heavy atom. The van der Waals surface area contributed by atoms with Crippen molar-refractivity contribution in [3.8, 4) is 5.75 Å². The predicted octanol–water partition coefficient (Wildman–Crippen LogP) is 3.73. The van der Waals surface area contributed by atoms with Crippen LogP contribution >= 0.6 is 11.6 Å². The lowest BCUT2D eigenvalue weighted by Crippen LogP contribution is -2.13. The molecule has 1 N–H and O–H groups in total. The quantitative estimate of drug-likeness (QED) is 0.880. The molecule has 0 aliphatic carbocycles. The van der Waals surface area contributed by atoms with Crippen LogP contribution in [0.5, 0.6) is 5.75 Å². The molecule has 0 saturated heterocycles. The van der Waals surface area contributed by atoms with E-state index in [0.717, 1.165) is 40.8 Å². The van der Waals surface area contributed by atoms with E-state index in [9.17, 15) is 0 Å². The maximum atomic E-state index is 5.99. The topological polar surface area (TPSA) is 34.1 Å². The lowest BCUT2D eigenvalue weighted by Gasteiger charge is -2.08. The molecule has 0 aliphatic heterocycles. The zero-order chi connectivity index (χ0) is 14.4. The molecule has 2 aromatic rings. The number of halogens is 1. The number of aryl methyl sites for hydroxylation is 1. The average Bonchev–Trinajstić information content (AvgIpc) is 2.47. The molecule has 2 rings (SSSR count). The van der Waals surface area contributed by atoms with Crippen molar-refractivity contribution in [1.29, 1.82) is 0 Å². The van der Waals surface area contributed by atoms with Crippen molar-refractivity contribution in [1.82, 2.24) is 10.3 Å². The standard InChI is InChI=1S/C16H19ClN2O/c1-3-18-10-13-5-4-6-14(19-13)11-20-15-7-8-16(17)12(2)9-15/h4-9,18H,3,10-11H2,1-2H3. The van der Waals surface area contributed by atoms with Gasteiger partial charge in [-0.3, -0.25) is 4.98 Å². The number of hydrogen-bond acceptors (Lipinski definition) is 3. The van der Waals surface area contributed by atoms with Gasteiger partial charge in [-0.25, -0.2) is 0 Å². The van der Waals surface area contributed by atoms with Crippen LogP contribution in [0.4, 0.5) is 0 Å². The normalized spacial score (nSPS) is 10.6. The molecule has 3 nitrogen and oxygen atoms in total. The van der Waals surface area contributed by atoms with E-state index in [1.807, 2.05) is 43.3 Å². The van der Waals surface area contributed by atoms with E-state index < -0.39 is 0 Å². The van der Waals surface area contributed by atoms with E-state index in [1.165, 1.54) is 0 Å². The molecule has 1 aromatic carbocycles. The smallest absolute Gasteiger partial charge is 0.130 e. The summed E-state index contributed by atoms with van der Waals surface area (Å²) in [6.07, 6.45) is 0. The van der Waals surface area contributed by atoms with Gasteiger partial charge in [-0.15, -0.1) is 0 Å². The van der Waals surface area contributed by atoms with Crippen LogP contribution < -0.4 is 10.1 Å². The zero-order valence-corrected chi connectivity index (χ0v) is 12.6. The summed E-state index contributed by atoms with van der Waals surface area (Å²) in [4.78, 5) is 4.55. The summed E-state index contributed by atoms with van der Waals surface area (Å²) < 4.78 is 5.75. The van der Waals surface area contributed by atoms with Crippen molar-refractivity contribution < 1.29 is 4.74 Å². The molecule has 1 aromatic heterocycles. The first kappa shape index (κ1) is 14.8. The molecule has 0 spiro atoms. The minimum absolute atomic E-state index is 0.459. The number of rotatable bonds is 6. The van der Waals surface area contributed by atoms with Gasteiger partial charge in [0.05, 0.1) is 11.4 Å². The van der Waals surface area contributed by atoms with Crippen LogP contribution in [-0.4, -0.2) is 11.5 Å². The van der Waals surface area contributed by atoms with Crippen molar-refractivity contribution in [2.75, 3.05) is 6.54 Å². The lowest BCUT2D eigenvalue weighted by atomic mass is 10.2. The molecule has 0 unspecified atom stereocenters. The van der Waals surface area contributed by atoms with Gasteiger partial charge in [-0.05, 0) is 49.4 Å². The highest BCUT2D eigenvalue weighted by Gasteiger charge is 2.01. The Morgan fingerprint density at radius 3 is 2.75 bits per heavy atom. The second kappa shape index (κ2) is 7.27. The van der Waals surface area contributed by atoms with E-state index >= 15 is 0 Å². The highest BCUT2D eigenvalue weighted by Crippen LogP contribution is 2.21. The molecular formula is C16H19ClN2O. The Morgan fingerprint density at radius 2 is 2.00 bits per heavy atom. The highest BCUT2D eigenvalue weighted by atomic mass is 35.5. The molecule has 4 heteroatoms. The molecule has 0 saturated carbocycles. The van der Waals surface area contributed by atoms with Crippen LogP contribution in [0.25, 0.3) is 0 Å². The SMILES string of the molecule is CCNCc1cccc(COc2ccc(Cl)c(C)c2)n1. The largest absolute Gasteiger partial charge is 0.487 e. The highest BCUT2D eigenvalue weighted by molar-refractivity contribution is 6.31. The van der Waals surface area contributed by atoms with Gasteiger partial charge in [0.15, 0.2) is 0 Å². The summed E-state index contributed by atoms with van der Waals surface area (Å²) in [5.74, 6) is 0.811. The van der Waals surface area contributed by atoms with E-state index in [2.05, 4.69) is 17.2 Å². The zero-order valence-electron chi connectivity index (χ0n) is 11.8. The fourth-order valence-corrected chi connectivity index (χ4v) is 1.94. The van der Waals surface area contributed by atoms with Crippen molar-refractivity contribution in [2.24, 2.45) is 0 Å². The third-order valence-corrected chi connectivity index (χ3v) is 3.36. The first-order valence-corrected chi connectivity index (χ1v) is 7.11. The number of nitrogens with one attached hydrogen (secondary N) is 1. The fraction of sp³-hybridized carbons (Fsp3) is 0.312. The first-order chi connectivity index (χ1) is 9.69. The molecule has 106 valence electrons. The van der Waals surface area contributed by atoms with Crippen molar-refractivity contribution in [2.45, 2.75) is 27.0 Å². The number of ether oxygens (including phenoxy) is 1.